The summed E-state index contributed by atoms with van der Waals surface area (Å²) in [5, 5.41) is 2.77. The summed E-state index contributed by atoms with van der Waals surface area (Å²) in [6.07, 6.45) is -3.40. The Labute approximate surface area is 121 Å². The van der Waals surface area contributed by atoms with Gasteiger partial charge in [-0.1, -0.05) is 27.2 Å². The van der Waals surface area contributed by atoms with E-state index >= 15 is 0 Å². The van der Waals surface area contributed by atoms with Gasteiger partial charge in [0.05, 0.1) is 5.41 Å². The van der Waals surface area contributed by atoms with Crippen LogP contribution in [0.3, 0.4) is 0 Å². The molecule has 0 radical (unpaired) electrons. The first-order chi connectivity index (χ1) is 9.70. The summed E-state index contributed by atoms with van der Waals surface area (Å²) in [5.74, 6) is -0.475. The highest BCUT2D eigenvalue weighted by Crippen LogP contribution is 2.47. The summed E-state index contributed by atoms with van der Waals surface area (Å²) < 4.78 is 41.1. The number of benzene rings is 1. The zero-order valence-corrected chi connectivity index (χ0v) is 12.2. The molecule has 21 heavy (non-hydrogen) atoms. The maximum absolute atomic E-state index is 12.4. The molecule has 0 aliphatic carbocycles. The number of rotatable bonds is 4. The van der Waals surface area contributed by atoms with E-state index < -0.39 is 11.8 Å². The molecule has 6 heteroatoms. The van der Waals surface area contributed by atoms with Gasteiger partial charge < -0.3 is 10.1 Å². The normalized spacial score (nSPS) is 21.4. The molecule has 1 heterocycles. The van der Waals surface area contributed by atoms with Crippen LogP contribution in [-0.2, 0) is 10.2 Å². The van der Waals surface area contributed by atoms with Gasteiger partial charge in [0.1, 0.15) is 5.75 Å². The van der Waals surface area contributed by atoms with Crippen molar-refractivity contribution in [1.82, 2.24) is 0 Å². The standard InChI is InChI=1S/C15H18F3NO2/c1-4-7-14(9(2)3)11-8-10(21-15(16,17)18)5-6-12(11)19-13(14)20/h5-6,8-9H,4,7H2,1-3H3,(H,19,20). The minimum atomic E-state index is -4.74. The van der Waals surface area contributed by atoms with Crippen molar-refractivity contribution in [3.8, 4) is 5.75 Å². The van der Waals surface area contributed by atoms with E-state index in [-0.39, 0.29) is 17.6 Å². The third kappa shape index (κ3) is 2.71. The number of halogens is 3. The lowest BCUT2D eigenvalue weighted by molar-refractivity contribution is -0.274. The third-order valence-corrected chi connectivity index (χ3v) is 3.99. The average Bonchev–Trinajstić information content (AvgIpc) is 2.62. The van der Waals surface area contributed by atoms with E-state index in [2.05, 4.69) is 10.1 Å². The molecule has 1 N–H and O–H groups in total. The summed E-state index contributed by atoms with van der Waals surface area (Å²) in [4.78, 5) is 12.4. The lowest BCUT2D eigenvalue weighted by Gasteiger charge is -2.31. The van der Waals surface area contributed by atoms with Crippen molar-refractivity contribution in [2.75, 3.05) is 5.32 Å². The average molecular weight is 301 g/mol. The van der Waals surface area contributed by atoms with Crippen molar-refractivity contribution in [2.45, 2.75) is 45.4 Å². The summed E-state index contributed by atoms with van der Waals surface area (Å²) in [6, 6.07) is 4.01. The van der Waals surface area contributed by atoms with Crippen LogP contribution in [0.4, 0.5) is 18.9 Å². The van der Waals surface area contributed by atoms with Crippen molar-refractivity contribution in [2.24, 2.45) is 5.92 Å². The van der Waals surface area contributed by atoms with E-state index in [1.807, 2.05) is 20.8 Å². The second-order valence-electron chi connectivity index (χ2n) is 5.59. The molecule has 0 spiro atoms. The highest BCUT2D eigenvalue weighted by atomic mass is 19.4. The summed E-state index contributed by atoms with van der Waals surface area (Å²) in [7, 11) is 0. The van der Waals surface area contributed by atoms with Crippen LogP contribution >= 0.6 is 0 Å². The molecule has 1 unspecified atom stereocenters. The second-order valence-corrected chi connectivity index (χ2v) is 5.59. The Morgan fingerprint density at radius 3 is 2.52 bits per heavy atom. The molecule has 0 saturated carbocycles. The molecule has 0 saturated heterocycles. The lowest BCUT2D eigenvalue weighted by atomic mass is 9.69. The minimum absolute atomic E-state index is 0.0279. The van der Waals surface area contributed by atoms with Crippen LogP contribution in [0, 0.1) is 5.92 Å². The van der Waals surface area contributed by atoms with Gasteiger partial charge in [0.15, 0.2) is 0 Å². The van der Waals surface area contributed by atoms with E-state index in [0.717, 1.165) is 6.42 Å². The SMILES string of the molecule is CCCC1(C(C)C)C(=O)Nc2ccc(OC(F)(F)F)cc21. The molecule has 2 rings (SSSR count). The topological polar surface area (TPSA) is 38.3 Å². The van der Waals surface area contributed by atoms with Crippen molar-refractivity contribution >= 4 is 11.6 Å². The van der Waals surface area contributed by atoms with Crippen LogP contribution in [0.1, 0.15) is 39.2 Å². The van der Waals surface area contributed by atoms with Crippen molar-refractivity contribution in [3.05, 3.63) is 23.8 Å². The number of fused-ring (bicyclic) bond motifs is 1. The third-order valence-electron chi connectivity index (χ3n) is 3.99. The van der Waals surface area contributed by atoms with Crippen molar-refractivity contribution in [1.29, 1.82) is 0 Å². The van der Waals surface area contributed by atoms with Gasteiger partial charge in [-0.2, -0.15) is 0 Å². The maximum Gasteiger partial charge on any atom is 0.573 e. The van der Waals surface area contributed by atoms with Gasteiger partial charge >= 0.3 is 6.36 Å². The van der Waals surface area contributed by atoms with E-state index in [1.165, 1.54) is 18.2 Å². The molecule has 116 valence electrons. The Bertz CT molecular complexity index is 554. The number of anilines is 1. The fourth-order valence-corrected chi connectivity index (χ4v) is 3.06. The Morgan fingerprint density at radius 2 is 2.00 bits per heavy atom. The number of carbonyl (C=O) groups excluding carboxylic acids is 1. The maximum atomic E-state index is 12.4. The Morgan fingerprint density at radius 1 is 1.33 bits per heavy atom. The monoisotopic (exact) mass is 301 g/mol. The fraction of sp³-hybridized carbons (Fsp3) is 0.533. The molecule has 1 aliphatic rings. The molecule has 3 nitrogen and oxygen atoms in total. The number of alkyl halides is 3. The number of hydrogen-bond donors (Lipinski definition) is 1. The number of amides is 1. The summed E-state index contributed by atoms with van der Waals surface area (Å²) in [5.41, 5.74) is 0.359. The number of hydrogen-bond acceptors (Lipinski definition) is 2. The fourth-order valence-electron chi connectivity index (χ4n) is 3.06. The highest BCUT2D eigenvalue weighted by Gasteiger charge is 2.48. The molecule has 1 aliphatic heterocycles. The molecule has 1 aromatic rings. The molecule has 0 aromatic heterocycles. The number of ether oxygens (including phenoxy) is 1. The van der Waals surface area contributed by atoms with Gasteiger partial charge in [-0.25, -0.2) is 0 Å². The van der Waals surface area contributed by atoms with Crippen LogP contribution in [0.2, 0.25) is 0 Å². The highest BCUT2D eigenvalue weighted by molar-refractivity contribution is 6.06. The van der Waals surface area contributed by atoms with Gasteiger partial charge in [0, 0.05) is 5.69 Å². The largest absolute Gasteiger partial charge is 0.573 e. The summed E-state index contributed by atoms with van der Waals surface area (Å²) in [6.45, 7) is 5.76. The first-order valence-corrected chi connectivity index (χ1v) is 6.92. The zero-order valence-electron chi connectivity index (χ0n) is 12.2. The minimum Gasteiger partial charge on any atom is -0.406 e. The van der Waals surface area contributed by atoms with Crippen molar-refractivity contribution < 1.29 is 22.7 Å². The molecule has 1 amide bonds. The van der Waals surface area contributed by atoms with Crippen LogP contribution in [0.15, 0.2) is 18.2 Å². The Balaban J connectivity index is 2.50. The quantitative estimate of drug-likeness (QED) is 0.903. The van der Waals surface area contributed by atoms with E-state index in [1.54, 1.807) is 0 Å². The van der Waals surface area contributed by atoms with Crippen molar-refractivity contribution in [3.63, 3.8) is 0 Å². The van der Waals surface area contributed by atoms with Gasteiger partial charge in [-0.05, 0) is 36.1 Å². The molecule has 1 aromatic carbocycles. The number of carbonyl (C=O) groups is 1. The Hall–Kier alpha value is -1.72. The van der Waals surface area contributed by atoms with Gasteiger partial charge in [-0.15, -0.1) is 13.2 Å². The zero-order chi connectivity index (χ0) is 15.8. The summed E-state index contributed by atoms with van der Waals surface area (Å²) >= 11 is 0. The molecular formula is C15H18F3NO2. The van der Waals surface area contributed by atoms with Crippen LogP contribution in [-0.4, -0.2) is 12.3 Å². The van der Waals surface area contributed by atoms with E-state index in [9.17, 15) is 18.0 Å². The van der Waals surface area contributed by atoms with E-state index in [0.29, 0.717) is 17.7 Å². The first kappa shape index (κ1) is 15.7. The second kappa shape index (κ2) is 5.24. The molecule has 0 bridgehead atoms. The Kier molecular flexibility index (Phi) is 3.91. The first-order valence-electron chi connectivity index (χ1n) is 6.92. The smallest absolute Gasteiger partial charge is 0.406 e. The van der Waals surface area contributed by atoms with Crippen LogP contribution in [0.5, 0.6) is 5.75 Å². The predicted molar refractivity (Wildman–Crippen MR) is 73.2 cm³/mol. The van der Waals surface area contributed by atoms with Gasteiger partial charge in [-0.3, -0.25) is 4.79 Å². The molecule has 1 atom stereocenters. The van der Waals surface area contributed by atoms with Crippen LogP contribution < -0.4 is 10.1 Å². The molecular weight excluding hydrogens is 283 g/mol. The number of nitrogens with one attached hydrogen (secondary N) is 1. The lowest BCUT2D eigenvalue weighted by Crippen LogP contribution is -2.39. The van der Waals surface area contributed by atoms with E-state index in [4.69, 9.17) is 0 Å². The predicted octanol–water partition coefficient (Wildman–Crippen LogP) is 4.23. The van der Waals surface area contributed by atoms with Crippen LogP contribution in [0.25, 0.3) is 0 Å². The van der Waals surface area contributed by atoms with Gasteiger partial charge in [0.2, 0.25) is 5.91 Å². The van der Waals surface area contributed by atoms with Gasteiger partial charge in [0.25, 0.3) is 0 Å². The molecule has 0 fully saturated rings.